The second kappa shape index (κ2) is 4.78. The number of ether oxygens (including phenoxy) is 1. The summed E-state index contributed by atoms with van der Waals surface area (Å²) in [6.07, 6.45) is 1.40. The van der Waals surface area contributed by atoms with Crippen LogP contribution in [0.25, 0.3) is 10.2 Å². The van der Waals surface area contributed by atoms with Crippen molar-refractivity contribution in [3.05, 3.63) is 47.4 Å². The first-order chi connectivity index (χ1) is 9.63. The highest BCUT2D eigenvalue weighted by atomic mass is 32.1. The van der Waals surface area contributed by atoms with Crippen LogP contribution in [0.1, 0.15) is 15.6 Å². The lowest BCUT2D eigenvalue weighted by atomic mass is 10.3. The Kier molecular flexibility index (Phi) is 2.96. The van der Waals surface area contributed by atoms with E-state index in [0.717, 1.165) is 4.70 Å². The van der Waals surface area contributed by atoms with Crippen molar-refractivity contribution in [2.45, 2.75) is 0 Å². The van der Waals surface area contributed by atoms with Gasteiger partial charge in [-0.15, -0.1) is 11.3 Å². The molecule has 100 valence electrons. The molecule has 2 aromatic heterocycles. The first-order valence-electron chi connectivity index (χ1n) is 5.64. The van der Waals surface area contributed by atoms with Crippen molar-refractivity contribution in [2.75, 3.05) is 0 Å². The standard InChI is InChI=1S/C13H9N3O3S/c14-11(15)12-16-8-4-3-7(6-10(8)20-12)19-13(17)9-2-1-5-18-9/h1-6H,(H3,14,15). The average Bonchev–Trinajstić information content (AvgIpc) is 3.07. The van der Waals surface area contributed by atoms with Gasteiger partial charge in [0.2, 0.25) is 5.76 Å². The minimum absolute atomic E-state index is 0.0830. The molecule has 0 saturated heterocycles. The highest BCUT2D eigenvalue weighted by Crippen LogP contribution is 2.26. The summed E-state index contributed by atoms with van der Waals surface area (Å²) in [5.74, 6) is -0.123. The molecule has 2 heterocycles. The van der Waals surface area contributed by atoms with Gasteiger partial charge in [0.1, 0.15) is 5.75 Å². The highest BCUT2D eigenvalue weighted by Gasteiger charge is 2.13. The van der Waals surface area contributed by atoms with Gasteiger partial charge in [0, 0.05) is 6.07 Å². The number of aromatic nitrogens is 1. The Balaban J connectivity index is 1.89. The number of nitrogens with one attached hydrogen (secondary N) is 1. The third-order valence-corrected chi connectivity index (χ3v) is 3.57. The summed E-state index contributed by atoms with van der Waals surface area (Å²) in [4.78, 5) is 15.9. The van der Waals surface area contributed by atoms with Gasteiger partial charge in [-0.3, -0.25) is 5.41 Å². The summed E-state index contributed by atoms with van der Waals surface area (Å²) in [6.45, 7) is 0. The minimum Gasteiger partial charge on any atom is -0.457 e. The van der Waals surface area contributed by atoms with Gasteiger partial charge in [-0.25, -0.2) is 9.78 Å². The summed E-state index contributed by atoms with van der Waals surface area (Å²) in [7, 11) is 0. The molecule has 20 heavy (non-hydrogen) atoms. The van der Waals surface area contributed by atoms with Gasteiger partial charge in [-0.05, 0) is 24.3 Å². The van der Waals surface area contributed by atoms with Crippen LogP contribution in [-0.2, 0) is 0 Å². The van der Waals surface area contributed by atoms with E-state index in [4.69, 9.17) is 20.3 Å². The molecule has 0 aliphatic heterocycles. The Morgan fingerprint density at radius 1 is 1.40 bits per heavy atom. The molecule has 0 aliphatic rings. The molecule has 0 saturated carbocycles. The van der Waals surface area contributed by atoms with Crippen molar-refractivity contribution in [1.82, 2.24) is 4.98 Å². The molecule has 0 bridgehead atoms. The summed E-state index contributed by atoms with van der Waals surface area (Å²) in [5.41, 5.74) is 6.10. The van der Waals surface area contributed by atoms with E-state index in [1.54, 1.807) is 24.3 Å². The number of hydrogen-bond donors (Lipinski definition) is 2. The molecular weight excluding hydrogens is 278 g/mol. The fourth-order valence-corrected chi connectivity index (χ4v) is 2.49. The predicted octanol–water partition coefficient (Wildman–Crippen LogP) is 2.39. The second-order valence-corrected chi connectivity index (χ2v) is 4.96. The number of hydrogen-bond acceptors (Lipinski definition) is 6. The molecule has 0 amide bonds. The zero-order valence-corrected chi connectivity index (χ0v) is 10.9. The maximum absolute atomic E-state index is 11.7. The molecular formula is C13H9N3O3S. The lowest BCUT2D eigenvalue weighted by Gasteiger charge is -2.01. The minimum atomic E-state index is -0.564. The molecule has 0 radical (unpaired) electrons. The normalized spacial score (nSPS) is 10.6. The average molecular weight is 287 g/mol. The van der Waals surface area contributed by atoms with Crippen molar-refractivity contribution in [3.63, 3.8) is 0 Å². The number of nitrogen functional groups attached to an aromatic ring is 1. The largest absolute Gasteiger partial charge is 0.457 e. The number of thiazole rings is 1. The van der Waals surface area contributed by atoms with E-state index in [1.807, 2.05) is 0 Å². The van der Waals surface area contributed by atoms with Gasteiger partial charge in [0.25, 0.3) is 0 Å². The molecule has 3 rings (SSSR count). The highest BCUT2D eigenvalue weighted by molar-refractivity contribution is 7.20. The smallest absolute Gasteiger partial charge is 0.379 e. The fraction of sp³-hybridized carbons (Fsp3) is 0. The van der Waals surface area contributed by atoms with Crippen LogP contribution in [0.3, 0.4) is 0 Å². The van der Waals surface area contributed by atoms with Gasteiger partial charge in [0.15, 0.2) is 10.8 Å². The van der Waals surface area contributed by atoms with Crippen LogP contribution >= 0.6 is 11.3 Å². The number of nitrogens with zero attached hydrogens (tertiary/aromatic N) is 1. The monoisotopic (exact) mass is 287 g/mol. The van der Waals surface area contributed by atoms with E-state index in [2.05, 4.69) is 4.98 Å². The Labute approximate surface area is 117 Å². The van der Waals surface area contributed by atoms with E-state index >= 15 is 0 Å². The molecule has 0 spiro atoms. The first kappa shape index (κ1) is 12.4. The quantitative estimate of drug-likeness (QED) is 0.333. The molecule has 7 heteroatoms. The Bertz CT molecular complexity index is 792. The SMILES string of the molecule is N=C(N)c1nc2ccc(OC(=O)c3ccco3)cc2s1. The summed E-state index contributed by atoms with van der Waals surface area (Å²) in [6, 6.07) is 8.17. The van der Waals surface area contributed by atoms with E-state index in [-0.39, 0.29) is 11.6 Å². The number of carbonyl (C=O) groups excluding carboxylic acids is 1. The summed E-state index contributed by atoms with van der Waals surface area (Å²) in [5, 5.41) is 7.80. The van der Waals surface area contributed by atoms with Crippen LogP contribution in [0, 0.1) is 5.41 Å². The zero-order valence-electron chi connectivity index (χ0n) is 10.1. The van der Waals surface area contributed by atoms with Crippen LogP contribution in [0.15, 0.2) is 41.0 Å². The van der Waals surface area contributed by atoms with Crippen LogP contribution in [0.5, 0.6) is 5.75 Å². The van der Waals surface area contributed by atoms with Crippen molar-refractivity contribution in [1.29, 1.82) is 5.41 Å². The Hall–Kier alpha value is -2.67. The van der Waals surface area contributed by atoms with Gasteiger partial charge >= 0.3 is 5.97 Å². The predicted molar refractivity (Wildman–Crippen MR) is 74.3 cm³/mol. The number of nitrogens with two attached hydrogens (primary N) is 1. The number of carbonyl (C=O) groups is 1. The van der Waals surface area contributed by atoms with Crippen molar-refractivity contribution < 1.29 is 13.9 Å². The number of esters is 1. The van der Waals surface area contributed by atoms with Crippen molar-refractivity contribution in [3.8, 4) is 5.75 Å². The van der Waals surface area contributed by atoms with E-state index in [0.29, 0.717) is 16.3 Å². The molecule has 3 aromatic rings. The number of fused-ring (bicyclic) bond motifs is 1. The van der Waals surface area contributed by atoms with Gasteiger partial charge in [-0.2, -0.15) is 0 Å². The zero-order chi connectivity index (χ0) is 14.1. The third kappa shape index (κ3) is 2.26. The molecule has 3 N–H and O–H groups in total. The number of amidine groups is 1. The first-order valence-corrected chi connectivity index (χ1v) is 6.46. The number of benzene rings is 1. The summed E-state index contributed by atoms with van der Waals surface area (Å²) < 4.78 is 11.0. The molecule has 0 fully saturated rings. The van der Waals surface area contributed by atoms with Crippen LogP contribution in [0.2, 0.25) is 0 Å². The van der Waals surface area contributed by atoms with Crippen LogP contribution in [0.4, 0.5) is 0 Å². The molecule has 1 aromatic carbocycles. The molecule has 0 aliphatic carbocycles. The van der Waals surface area contributed by atoms with Crippen molar-refractivity contribution >= 4 is 33.4 Å². The fourth-order valence-electron chi connectivity index (χ4n) is 1.64. The lowest BCUT2D eigenvalue weighted by Crippen LogP contribution is -2.09. The van der Waals surface area contributed by atoms with Gasteiger partial charge < -0.3 is 14.9 Å². The van der Waals surface area contributed by atoms with Crippen LogP contribution < -0.4 is 10.5 Å². The molecule has 6 nitrogen and oxygen atoms in total. The Morgan fingerprint density at radius 2 is 2.25 bits per heavy atom. The number of furan rings is 1. The molecule has 0 unspecified atom stereocenters. The second-order valence-electron chi connectivity index (χ2n) is 3.93. The topological polar surface area (TPSA) is 102 Å². The van der Waals surface area contributed by atoms with Crippen molar-refractivity contribution in [2.24, 2.45) is 5.73 Å². The van der Waals surface area contributed by atoms with E-state index in [9.17, 15) is 4.79 Å². The maximum Gasteiger partial charge on any atom is 0.379 e. The molecule has 0 atom stereocenters. The van der Waals surface area contributed by atoms with Gasteiger partial charge in [-0.1, -0.05) is 0 Å². The van der Waals surface area contributed by atoms with E-state index in [1.165, 1.54) is 23.7 Å². The Morgan fingerprint density at radius 3 is 2.95 bits per heavy atom. The number of rotatable bonds is 3. The van der Waals surface area contributed by atoms with Crippen LogP contribution in [-0.4, -0.2) is 16.8 Å². The van der Waals surface area contributed by atoms with E-state index < -0.39 is 5.97 Å². The maximum atomic E-state index is 11.7. The van der Waals surface area contributed by atoms with Gasteiger partial charge in [0.05, 0.1) is 16.5 Å². The lowest BCUT2D eigenvalue weighted by molar-refractivity contribution is 0.0701. The third-order valence-electron chi connectivity index (χ3n) is 2.52. The summed E-state index contributed by atoms with van der Waals surface area (Å²) >= 11 is 1.27.